The molecule has 0 atom stereocenters. The smallest absolute Gasteiger partial charge is 0.456 e. The maximum Gasteiger partial charge on any atom is 0.479 e. The van der Waals surface area contributed by atoms with Crippen LogP contribution in [-0.2, 0) is 21.5 Å². The van der Waals surface area contributed by atoms with Gasteiger partial charge in [-0.05, 0) is 84.0 Å². The molecule has 0 fully saturated rings. The lowest BCUT2D eigenvalue weighted by molar-refractivity contribution is 0.0924. The van der Waals surface area contributed by atoms with E-state index in [4.69, 9.17) is 26.6 Å². The van der Waals surface area contributed by atoms with Crippen molar-refractivity contribution < 1.29 is 26.6 Å². The summed E-state index contributed by atoms with van der Waals surface area (Å²) in [6.07, 6.45) is 1.81. The van der Waals surface area contributed by atoms with Gasteiger partial charge in [-0.2, -0.15) is 0 Å². The highest BCUT2D eigenvalue weighted by molar-refractivity contribution is 6.88. The zero-order valence-electron chi connectivity index (χ0n) is 23.2. The average Bonchev–Trinajstić information content (AvgIpc) is 2.54. The largest absolute Gasteiger partial charge is 0.479 e. The van der Waals surface area contributed by atoms with Crippen molar-refractivity contribution in [2.75, 3.05) is 26.1 Å². The Kier molecular flexibility index (Phi) is 14.4. The van der Waals surface area contributed by atoms with Crippen LogP contribution in [0.4, 0.5) is 0 Å². The molecule has 1 N–H and O–H groups in total. The molecule has 6 nitrogen and oxygen atoms in total. The molecule has 0 radical (unpaired) electrons. The van der Waals surface area contributed by atoms with E-state index in [-0.39, 0.29) is 6.61 Å². The summed E-state index contributed by atoms with van der Waals surface area (Å²) in [4.78, 5) is 0. The summed E-state index contributed by atoms with van der Waals surface area (Å²) >= 11 is 0. The molecular formula is C20H54O6Si6. The Labute approximate surface area is 206 Å². The third kappa shape index (κ3) is 17.5. The second-order valence-electron chi connectivity index (χ2n) is 12.4. The molecule has 0 saturated heterocycles. The van der Waals surface area contributed by atoms with Crippen molar-refractivity contribution in [3.8, 4) is 0 Å². The molecule has 0 unspecified atom stereocenters. The number of hydrogen-bond acceptors (Lipinski definition) is 6. The van der Waals surface area contributed by atoms with Crippen LogP contribution >= 0.6 is 0 Å². The maximum atomic E-state index is 8.86. The molecule has 0 aromatic carbocycles. The molecule has 0 amide bonds. The van der Waals surface area contributed by atoms with Crippen molar-refractivity contribution in [2.45, 2.75) is 103 Å². The molecule has 0 rings (SSSR count). The van der Waals surface area contributed by atoms with Crippen molar-refractivity contribution in [1.82, 2.24) is 0 Å². The van der Waals surface area contributed by atoms with Gasteiger partial charge < -0.3 is 26.6 Å². The fraction of sp³-hybridized carbons (Fsp3) is 1.00. The predicted octanol–water partition coefficient (Wildman–Crippen LogP) is 5.50. The van der Waals surface area contributed by atoms with Crippen LogP contribution < -0.4 is 0 Å². The van der Waals surface area contributed by atoms with E-state index >= 15 is 0 Å². The first-order valence-corrected chi connectivity index (χ1v) is 30.3. The minimum absolute atomic E-state index is 0.0866. The number of ether oxygens (including phenoxy) is 1. The molecule has 12 heteroatoms. The SMILES string of the molecule is C[SiH](C)CO[Si](CC[Si](C)(C)O[Si](C)(C)CCCOCCO)(O[Si](C)(C)C)O[Si](C)(C)C. The topological polar surface area (TPSA) is 66.4 Å². The van der Waals surface area contributed by atoms with Crippen molar-refractivity contribution in [3.05, 3.63) is 0 Å². The minimum Gasteiger partial charge on any atom is -0.456 e. The van der Waals surface area contributed by atoms with Gasteiger partial charge in [0, 0.05) is 18.9 Å². The highest BCUT2D eigenvalue weighted by Gasteiger charge is 2.49. The molecule has 0 heterocycles. The lowest BCUT2D eigenvalue weighted by Crippen LogP contribution is -2.58. The summed E-state index contributed by atoms with van der Waals surface area (Å²) in [5.41, 5.74) is 0. The van der Waals surface area contributed by atoms with Crippen molar-refractivity contribution in [2.24, 2.45) is 0 Å². The molecule has 32 heavy (non-hydrogen) atoms. The fourth-order valence-electron chi connectivity index (χ4n) is 3.55. The molecule has 0 aliphatic rings. The quantitative estimate of drug-likeness (QED) is 0.177. The molecule has 0 aliphatic carbocycles. The lowest BCUT2D eigenvalue weighted by Gasteiger charge is -2.41. The number of rotatable bonds is 18. The van der Waals surface area contributed by atoms with Crippen LogP contribution in [0, 0.1) is 0 Å². The van der Waals surface area contributed by atoms with Gasteiger partial charge in [0.15, 0.2) is 33.3 Å². The van der Waals surface area contributed by atoms with E-state index in [0.717, 1.165) is 30.8 Å². The minimum atomic E-state index is -2.77. The van der Waals surface area contributed by atoms with Crippen molar-refractivity contribution in [3.63, 3.8) is 0 Å². The summed E-state index contributed by atoms with van der Waals surface area (Å²) in [6, 6.07) is 2.95. The maximum absolute atomic E-state index is 8.86. The summed E-state index contributed by atoms with van der Waals surface area (Å²) in [6.45, 7) is 28.6. The van der Waals surface area contributed by atoms with Crippen LogP contribution in [0.2, 0.25) is 96.7 Å². The van der Waals surface area contributed by atoms with E-state index in [1.165, 1.54) is 0 Å². The monoisotopic (exact) mass is 558 g/mol. The molecule has 0 bridgehead atoms. The van der Waals surface area contributed by atoms with Crippen LogP contribution in [0.1, 0.15) is 6.42 Å². The third-order valence-electron chi connectivity index (χ3n) is 4.45. The van der Waals surface area contributed by atoms with Crippen LogP contribution in [0.5, 0.6) is 0 Å². The van der Waals surface area contributed by atoms with Gasteiger partial charge >= 0.3 is 8.80 Å². The molecular weight excluding hydrogens is 505 g/mol. The van der Waals surface area contributed by atoms with E-state index in [2.05, 4.69) is 78.6 Å². The van der Waals surface area contributed by atoms with Crippen LogP contribution in [-0.4, -0.2) is 82.0 Å². The summed E-state index contributed by atoms with van der Waals surface area (Å²) < 4.78 is 32.6. The highest BCUT2D eigenvalue weighted by atomic mass is 28.5. The molecule has 0 aromatic heterocycles. The molecule has 0 saturated carbocycles. The third-order valence-corrected chi connectivity index (χ3v) is 22.4. The van der Waals surface area contributed by atoms with Crippen molar-refractivity contribution in [1.29, 1.82) is 0 Å². The average molecular weight is 559 g/mol. The highest BCUT2D eigenvalue weighted by Crippen LogP contribution is 2.32. The van der Waals surface area contributed by atoms with Gasteiger partial charge in [0.25, 0.3) is 0 Å². The summed E-state index contributed by atoms with van der Waals surface area (Å²) in [5.74, 6) is 0. The zero-order valence-corrected chi connectivity index (χ0v) is 29.4. The van der Waals surface area contributed by atoms with Crippen LogP contribution in [0.25, 0.3) is 0 Å². The van der Waals surface area contributed by atoms with Crippen molar-refractivity contribution >= 4 is 50.9 Å². The Bertz CT molecular complexity index is 504. The molecule has 0 aliphatic heterocycles. The van der Waals surface area contributed by atoms with Crippen LogP contribution in [0.3, 0.4) is 0 Å². The Morgan fingerprint density at radius 3 is 1.59 bits per heavy atom. The number of aliphatic hydroxyl groups is 1. The standard InChI is InChI=1S/C20H54O6Si6/c1-27(2)20-23-32(24-28(3,4)5,25-29(6,7)8)19-18-31(11,12)26-30(9,10)17-13-15-22-16-14-21/h21,27H,13-20H2,1-12H3. The second-order valence-corrected chi connectivity index (χ2v) is 36.6. The zero-order chi connectivity index (χ0) is 25.3. The first-order chi connectivity index (χ1) is 14.3. The number of aliphatic hydroxyl groups excluding tert-OH is 1. The van der Waals surface area contributed by atoms with E-state index in [0.29, 0.717) is 13.2 Å². The van der Waals surface area contributed by atoms with E-state index < -0.39 is 50.9 Å². The van der Waals surface area contributed by atoms with Crippen LogP contribution in [0.15, 0.2) is 0 Å². The Morgan fingerprint density at radius 2 is 1.16 bits per heavy atom. The Balaban J connectivity index is 5.34. The summed E-state index contributed by atoms with van der Waals surface area (Å²) in [5, 5.41) is 8.86. The lowest BCUT2D eigenvalue weighted by atomic mass is 10.5. The van der Waals surface area contributed by atoms with Gasteiger partial charge in [0.1, 0.15) is 0 Å². The first kappa shape index (κ1) is 33.1. The fourth-order valence-corrected chi connectivity index (χ4v) is 26.8. The predicted molar refractivity (Wildman–Crippen MR) is 152 cm³/mol. The molecule has 0 spiro atoms. The molecule has 0 aromatic rings. The number of hydrogen-bond donors (Lipinski definition) is 1. The van der Waals surface area contributed by atoms with Gasteiger partial charge in [-0.3, -0.25) is 0 Å². The Morgan fingerprint density at radius 1 is 0.656 bits per heavy atom. The van der Waals surface area contributed by atoms with Gasteiger partial charge in [-0.1, -0.05) is 13.1 Å². The first-order valence-electron chi connectivity index (χ1n) is 12.2. The second kappa shape index (κ2) is 14.0. The summed E-state index contributed by atoms with van der Waals surface area (Å²) in [7, 11) is -11.0. The molecule has 194 valence electrons. The van der Waals surface area contributed by atoms with Gasteiger partial charge in [-0.15, -0.1) is 0 Å². The van der Waals surface area contributed by atoms with E-state index in [1.54, 1.807) is 0 Å². The Hall–Kier alpha value is 1.06. The van der Waals surface area contributed by atoms with E-state index in [1.807, 2.05) is 0 Å². The normalized spacial score (nSPS) is 14.4. The van der Waals surface area contributed by atoms with Gasteiger partial charge in [0.05, 0.1) is 22.0 Å². The van der Waals surface area contributed by atoms with Gasteiger partial charge in [-0.25, -0.2) is 0 Å². The van der Waals surface area contributed by atoms with Gasteiger partial charge in [0.2, 0.25) is 0 Å². The van der Waals surface area contributed by atoms with E-state index in [9.17, 15) is 0 Å².